The second-order valence-corrected chi connectivity index (χ2v) is 10.9. The molecule has 0 unspecified atom stereocenters. The number of hydrogen-bond donors (Lipinski definition) is 2. The van der Waals surface area contributed by atoms with Crippen LogP contribution in [0.25, 0.3) is 34.1 Å². The van der Waals surface area contributed by atoms with E-state index in [1.54, 1.807) is 29.3 Å². The predicted octanol–water partition coefficient (Wildman–Crippen LogP) is 4.12. The molecule has 214 valence electrons. The molecule has 0 spiro atoms. The Morgan fingerprint density at radius 3 is 2.74 bits per heavy atom. The first-order valence-electron chi connectivity index (χ1n) is 14.1. The lowest BCUT2D eigenvalue weighted by atomic mass is 10.1. The molecule has 5 aromatic heterocycles. The quantitative estimate of drug-likeness (QED) is 0.293. The van der Waals surface area contributed by atoms with Gasteiger partial charge in [0.25, 0.3) is 5.91 Å². The van der Waals surface area contributed by atoms with Crippen LogP contribution in [0.5, 0.6) is 0 Å². The number of amides is 1. The molecule has 5 heterocycles. The van der Waals surface area contributed by atoms with E-state index in [2.05, 4.69) is 32.5 Å². The zero-order valence-corrected chi connectivity index (χ0v) is 23.8. The summed E-state index contributed by atoms with van der Waals surface area (Å²) in [7, 11) is 3.96. The van der Waals surface area contributed by atoms with Gasteiger partial charge in [0.15, 0.2) is 17.3 Å². The van der Waals surface area contributed by atoms with Crippen LogP contribution in [0.4, 0.5) is 5.82 Å². The molecule has 0 bridgehead atoms. The molecule has 3 N–H and O–H groups in total. The van der Waals surface area contributed by atoms with Gasteiger partial charge in [-0.15, -0.1) is 0 Å². The Kier molecular flexibility index (Phi) is 6.63. The number of fused-ring (bicyclic) bond motifs is 2. The average molecular weight is 571 g/mol. The van der Waals surface area contributed by atoms with Gasteiger partial charge >= 0.3 is 0 Å². The fourth-order valence-electron chi connectivity index (χ4n) is 5.68. The summed E-state index contributed by atoms with van der Waals surface area (Å²) >= 11 is 0. The van der Waals surface area contributed by atoms with Crippen molar-refractivity contribution in [2.75, 3.05) is 19.8 Å². The molecule has 7 rings (SSSR count). The highest BCUT2D eigenvalue weighted by Gasteiger charge is 2.26. The van der Waals surface area contributed by atoms with Crippen molar-refractivity contribution in [2.24, 2.45) is 0 Å². The molecule has 0 saturated heterocycles. The van der Waals surface area contributed by atoms with Crippen molar-refractivity contribution in [3.63, 3.8) is 0 Å². The van der Waals surface area contributed by atoms with Gasteiger partial charge in [0.1, 0.15) is 11.3 Å². The smallest absolute Gasteiger partial charge is 0.251 e. The van der Waals surface area contributed by atoms with E-state index in [4.69, 9.17) is 15.7 Å². The summed E-state index contributed by atoms with van der Waals surface area (Å²) in [6.07, 6.45) is 8.58. The lowest BCUT2D eigenvalue weighted by Gasteiger charge is -2.16. The Balaban J connectivity index is 1.26. The van der Waals surface area contributed by atoms with Gasteiger partial charge in [-0.2, -0.15) is 5.10 Å². The number of imidazole rings is 1. The molecular weight excluding hydrogens is 540 g/mol. The van der Waals surface area contributed by atoms with Crippen LogP contribution in [0.3, 0.4) is 0 Å². The summed E-state index contributed by atoms with van der Waals surface area (Å²) < 4.78 is 3.74. The Hall–Kier alpha value is -5.42. The summed E-state index contributed by atoms with van der Waals surface area (Å²) in [5.74, 6) is 1.62. The fraction of sp³-hybridized carbons (Fsp3) is 0.188. The van der Waals surface area contributed by atoms with Crippen molar-refractivity contribution in [3.8, 4) is 22.9 Å². The molecule has 0 aliphatic heterocycles. The largest absolute Gasteiger partial charge is 0.383 e. The van der Waals surface area contributed by atoms with Gasteiger partial charge < -0.3 is 16.0 Å². The highest BCUT2D eigenvalue weighted by Crippen LogP contribution is 2.36. The Bertz CT molecular complexity index is 1960. The number of aromatic nitrogens is 7. The number of benzene rings is 1. The average Bonchev–Trinajstić information content (AvgIpc) is 3.76. The van der Waals surface area contributed by atoms with Crippen LogP contribution < -0.4 is 11.1 Å². The predicted molar refractivity (Wildman–Crippen MR) is 164 cm³/mol. The number of carbonyl (C=O) groups is 1. The SMILES string of the molecule is CN(C)Cc1cc(C(=O)N[C@H]2CCc3cc(-n4c(-c5cccnc5N)nc5ccc(-n6cccn6)nc54)ccc32)ccn1. The Morgan fingerprint density at radius 2 is 1.93 bits per heavy atom. The van der Waals surface area contributed by atoms with Crippen LogP contribution >= 0.6 is 0 Å². The molecular formula is C32H30N10O. The monoisotopic (exact) mass is 570 g/mol. The van der Waals surface area contributed by atoms with Crippen LogP contribution in [-0.4, -0.2) is 59.2 Å². The van der Waals surface area contributed by atoms with Crippen molar-refractivity contribution in [1.29, 1.82) is 0 Å². The number of rotatable bonds is 7. The molecule has 43 heavy (non-hydrogen) atoms. The van der Waals surface area contributed by atoms with Crippen molar-refractivity contribution in [2.45, 2.75) is 25.4 Å². The minimum atomic E-state index is -0.102. The second-order valence-electron chi connectivity index (χ2n) is 10.9. The number of nitrogens with zero attached hydrogens (tertiary/aromatic N) is 8. The molecule has 1 aliphatic carbocycles. The summed E-state index contributed by atoms with van der Waals surface area (Å²) in [6, 6.07) is 19.3. The number of pyridine rings is 3. The van der Waals surface area contributed by atoms with Crippen LogP contribution in [0.15, 0.2) is 85.5 Å². The normalized spacial score (nSPS) is 14.3. The van der Waals surface area contributed by atoms with Gasteiger partial charge in [-0.05, 0) is 92.7 Å². The van der Waals surface area contributed by atoms with Gasteiger partial charge in [0.2, 0.25) is 0 Å². The molecule has 1 aliphatic rings. The minimum Gasteiger partial charge on any atom is -0.383 e. The van der Waals surface area contributed by atoms with Gasteiger partial charge in [0, 0.05) is 42.6 Å². The zero-order chi connectivity index (χ0) is 29.5. The third-order valence-electron chi connectivity index (χ3n) is 7.63. The molecule has 0 radical (unpaired) electrons. The third-order valence-corrected chi connectivity index (χ3v) is 7.63. The number of nitrogen functional groups attached to an aromatic ring is 1. The van der Waals surface area contributed by atoms with Crippen LogP contribution in [0.1, 0.15) is 39.6 Å². The maximum Gasteiger partial charge on any atom is 0.251 e. The van der Waals surface area contributed by atoms with Crippen molar-refractivity contribution >= 4 is 22.9 Å². The molecule has 6 aromatic rings. The maximum absolute atomic E-state index is 13.2. The second kappa shape index (κ2) is 10.8. The molecule has 1 aromatic carbocycles. The van der Waals surface area contributed by atoms with Gasteiger partial charge in [-0.3, -0.25) is 14.3 Å². The molecule has 11 nitrogen and oxygen atoms in total. The van der Waals surface area contributed by atoms with Crippen molar-refractivity contribution in [1.82, 2.24) is 44.5 Å². The summed E-state index contributed by atoms with van der Waals surface area (Å²) in [4.78, 5) is 33.8. The first kappa shape index (κ1) is 26.5. The zero-order valence-electron chi connectivity index (χ0n) is 23.8. The lowest BCUT2D eigenvalue weighted by molar-refractivity contribution is 0.0936. The number of nitrogens with two attached hydrogens (primary N) is 1. The number of hydrogen-bond acceptors (Lipinski definition) is 8. The standard InChI is InChI=1S/C32H30N10O/c1-40(2)19-22-17-21(12-15-34-22)32(43)38-26-9-6-20-18-23(7-8-24(20)26)42-30(25-5-3-13-35-29(25)33)37-27-10-11-28(39-31(27)42)41-16-4-14-36-41/h3-5,7-8,10-18,26H,6,9,19H2,1-2H3,(H2,33,35)(H,38,43)/t26-/m0/s1. The van der Waals surface area contributed by atoms with Gasteiger partial charge in [-0.1, -0.05) is 6.07 Å². The van der Waals surface area contributed by atoms with E-state index in [9.17, 15) is 4.79 Å². The number of aryl methyl sites for hydroxylation is 1. The highest BCUT2D eigenvalue weighted by molar-refractivity contribution is 5.94. The van der Waals surface area contributed by atoms with Gasteiger partial charge in [0.05, 0.1) is 17.3 Å². The molecule has 0 fully saturated rings. The van der Waals surface area contributed by atoms with Crippen LogP contribution in [0, 0.1) is 0 Å². The Labute approximate surface area is 248 Å². The first-order chi connectivity index (χ1) is 20.9. The highest BCUT2D eigenvalue weighted by atomic mass is 16.1. The van der Waals surface area contributed by atoms with E-state index in [0.29, 0.717) is 35.2 Å². The van der Waals surface area contributed by atoms with Crippen molar-refractivity contribution in [3.05, 3.63) is 108 Å². The van der Waals surface area contributed by atoms with Gasteiger partial charge in [-0.25, -0.2) is 19.6 Å². The molecule has 11 heteroatoms. The van der Waals surface area contributed by atoms with E-state index >= 15 is 0 Å². The van der Waals surface area contributed by atoms with E-state index in [0.717, 1.165) is 40.9 Å². The van der Waals surface area contributed by atoms with E-state index < -0.39 is 0 Å². The topological polar surface area (TPSA) is 133 Å². The molecule has 1 atom stereocenters. The molecule has 0 saturated carbocycles. The first-order valence-corrected chi connectivity index (χ1v) is 14.1. The summed E-state index contributed by atoms with van der Waals surface area (Å²) in [6.45, 7) is 0.671. The minimum absolute atomic E-state index is 0.0838. The van der Waals surface area contributed by atoms with E-state index in [1.807, 2.05) is 72.2 Å². The number of nitrogens with one attached hydrogen (secondary N) is 1. The Morgan fingerprint density at radius 1 is 1.02 bits per heavy atom. The number of anilines is 1. The summed E-state index contributed by atoms with van der Waals surface area (Å²) in [5.41, 5.74) is 13.1. The summed E-state index contributed by atoms with van der Waals surface area (Å²) in [5, 5.41) is 7.58. The lowest BCUT2D eigenvalue weighted by Crippen LogP contribution is -2.27. The third kappa shape index (κ3) is 4.99. The fourth-order valence-corrected chi connectivity index (χ4v) is 5.68. The van der Waals surface area contributed by atoms with E-state index in [-0.39, 0.29) is 11.9 Å². The van der Waals surface area contributed by atoms with Crippen molar-refractivity contribution < 1.29 is 4.79 Å². The van der Waals surface area contributed by atoms with E-state index in [1.165, 1.54) is 5.56 Å². The van der Waals surface area contributed by atoms with Crippen LogP contribution in [-0.2, 0) is 13.0 Å². The maximum atomic E-state index is 13.2. The van der Waals surface area contributed by atoms with Crippen LogP contribution in [0.2, 0.25) is 0 Å². The number of carbonyl (C=O) groups excluding carboxylic acids is 1. The molecule has 1 amide bonds.